The quantitative estimate of drug-likeness (QED) is 0.431. The number of imidazole rings is 1. The van der Waals surface area contributed by atoms with E-state index in [1.807, 2.05) is 18.2 Å². The van der Waals surface area contributed by atoms with Crippen molar-refractivity contribution < 1.29 is 4.74 Å². The SMILES string of the molecule is CCC(CC(=N)N)Sc1nc2ccc(OC)cc2[nH]1. The number of H-pyrrole nitrogens is 1. The highest BCUT2D eigenvalue weighted by Crippen LogP contribution is 2.28. The van der Waals surface area contributed by atoms with Crippen molar-refractivity contribution in [2.75, 3.05) is 7.11 Å². The molecule has 1 aromatic carbocycles. The van der Waals surface area contributed by atoms with Crippen molar-refractivity contribution in [3.05, 3.63) is 18.2 Å². The van der Waals surface area contributed by atoms with Crippen molar-refractivity contribution >= 4 is 28.6 Å². The Morgan fingerprint density at radius 3 is 3.00 bits per heavy atom. The van der Waals surface area contributed by atoms with Crippen LogP contribution in [0.15, 0.2) is 23.4 Å². The number of hydrogen-bond donors (Lipinski definition) is 3. The van der Waals surface area contributed by atoms with Gasteiger partial charge in [0, 0.05) is 17.7 Å². The summed E-state index contributed by atoms with van der Waals surface area (Å²) >= 11 is 1.63. The van der Waals surface area contributed by atoms with Gasteiger partial charge in [0.2, 0.25) is 0 Å². The molecule has 102 valence electrons. The Balaban J connectivity index is 2.18. The number of aromatic nitrogens is 2. The molecule has 0 saturated carbocycles. The van der Waals surface area contributed by atoms with E-state index < -0.39 is 0 Å². The highest BCUT2D eigenvalue weighted by atomic mass is 32.2. The minimum Gasteiger partial charge on any atom is -0.497 e. The third-order valence-electron chi connectivity index (χ3n) is 2.85. The average Bonchev–Trinajstić information content (AvgIpc) is 2.78. The molecule has 2 aromatic rings. The maximum Gasteiger partial charge on any atom is 0.166 e. The molecule has 0 saturated heterocycles. The van der Waals surface area contributed by atoms with Gasteiger partial charge in [0.05, 0.1) is 24.0 Å². The first kappa shape index (κ1) is 13.7. The number of ether oxygens (including phenoxy) is 1. The second-order valence-electron chi connectivity index (χ2n) is 4.30. The predicted octanol–water partition coefficient (Wildman–Crippen LogP) is 2.77. The number of amidine groups is 1. The molecular weight excluding hydrogens is 260 g/mol. The van der Waals surface area contributed by atoms with Crippen LogP contribution in [0.25, 0.3) is 11.0 Å². The van der Waals surface area contributed by atoms with Gasteiger partial charge in [-0.05, 0) is 18.6 Å². The van der Waals surface area contributed by atoms with Crippen LogP contribution < -0.4 is 10.5 Å². The summed E-state index contributed by atoms with van der Waals surface area (Å²) in [6, 6.07) is 5.75. The Labute approximate surface area is 116 Å². The number of thioether (sulfide) groups is 1. The number of nitrogens with one attached hydrogen (secondary N) is 2. The number of aromatic amines is 1. The van der Waals surface area contributed by atoms with E-state index in [4.69, 9.17) is 15.9 Å². The Kier molecular flexibility index (Phi) is 4.31. The Morgan fingerprint density at radius 2 is 2.37 bits per heavy atom. The first-order valence-electron chi connectivity index (χ1n) is 6.15. The largest absolute Gasteiger partial charge is 0.497 e. The third-order valence-corrected chi connectivity index (χ3v) is 4.10. The minimum atomic E-state index is 0.220. The van der Waals surface area contributed by atoms with Crippen molar-refractivity contribution in [2.45, 2.75) is 30.2 Å². The van der Waals surface area contributed by atoms with Crippen LogP contribution >= 0.6 is 11.8 Å². The van der Waals surface area contributed by atoms with E-state index in [0.717, 1.165) is 28.4 Å². The zero-order chi connectivity index (χ0) is 13.8. The van der Waals surface area contributed by atoms with Gasteiger partial charge < -0.3 is 15.5 Å². The molecule has 1 aromatic heterocycles. The van der Waals surface area contributed by atoms with Gasteiger partial charge in [-0.25, -0.2) is 4.98 Å². The van der Waals surface area contributed by atoms with Crippen molar-refractivity contribution in [1.82, 2.24) is 9.97 Å². The zero-order valence-corrected chi connectivity index (χ0v) is 11.9. The summed E-state index contributed by atoms with van der Waals surface area (Å²) in [6.07, 6.45) is 1.53. The molecule has 1 heterocycles. The molecule has 1 atom stereocenters. The third kappa shape index (κ3) is 3.41. The Morgan fingerprint density at radius 1 is 1.58 bits per heavy atom. The fraction of sp³-hybridized carbons (Fsp3) is 0.385. The number of fused-ring (bicyclic) bond motifs is 1. The van der Waals surface area contributed by atoms with E-state index in [-0.39, 0.29) is 11.1 Å². The van der Waals surface area contributed by atoms with Crippen LogP contribution in [0, 0.1) is 5.41 Å². The summed E-state index contributed by atoms with van der Waals surface area (Å²) in [5.74, 6) is 1.03. The molecule has 19 heavy (non-hydrogen) atoms. The summed E-state index contributed by atoms with van der Waals surface area (Å²) < 4.78 is 5.19. The van der Waals surface area contributed by atoms with Gasteiger partial charge in [0.1, 0.15) is 5.75 Å². The normalized spacial score (nSPS) is 12.5. The van der Waals surface area contributed by atoms with Gasteiger partial charge >= 0.3 is 0 Å². The summed E-state index contributed by atoms with van der Waals surface area (Å²) in [5, 5.41) is 8.51. The van der Waals surface area contributed by atoms with E-state index in [0.29, 0.717) is 6.42 Å². The highest BCUT2D eigenvalue weighted by Gasteiger charge is 2.13. The molecule has 2 rings (SSSR count). The van der Waals surface area contributed by atoms with E-state index in [1.165, 1.54) is 0 Å². The van der Waals surface area contributed by atoms with Crippen molar-refractivity contribution in [3.8, 4) is 5.75 Å². The number of methoxy groups -OCH3 is 1. The van der Waals surface area contributed by atoms with E-state index >= 15 is 0 Å². The van der Waals surface area contributed by atoms with Crippen molar-refractivity contribution in [1.29, 1.82) is 5.41 Å². The van der Waals surface area contributed by atoms with Crippen molar-refractivity contribution in [2.24, 2.45) is 5.73 Å². The van der Waals surface area contributed by atoms with Crippen LogP contribution in [0.5, 0.6) is 5.75 Å². The predicted molar refractivity (Wildman–Crippen MR) is 79.1 cm³/mol. The van der Waals surface area contributed by atoms with Gasteiger partial charge in [-0.15, -0.1) is 0 Å². The van der Waals surface area contributed by atoms with Crippen LogP contribution in [0.4, 0.5) is 0 Å². The summed E-state index contributed by atoms with van der Waals surface area (Å²) in [6.45, 7) is 2.09. The number of rotatable bonds is 6. The highest BCUT2D eigenvalue weighted by molar-refractivity contribution is 7.99. The van der Waals surface area contributed by atoms with Crippen LogP contribution in [0.3, 0.4) is 0 Å². The molecule has 0 radical (unpaired) electrons. The fourth-order valence-corrected chi connectivity index (χ4v) is 2.89. The maximum atomic E-state index is 7.37. The molecule has 0 amide bonds. The molecule has 0 aliphatic rings. The lowest BCUT2D eigenvalue weighted by Gasteiger charge is -2.10. The monoisotopic (exact) mass is 278 g/mol. The maximum absolute atomic E-state index is 7.37. The summed E-state index contributed by atoms with van der Waals surface area (Å²) in [5.41, 5.74) is 7.33. The van der Waals surface area contributed by atoms with Crippen LogP contribution in [-0.4, -0.2) is 28.2 Å². The van der Waals surface area contributed by atoms with Crippen molar-refractivity contribution in [3.63, 3.8) is 0 Å². The van der Waals surface area contributed by atoms with E-state index in [1.54, 1.807) is 18.9 Å². The standard InChI is InChI=1S/C13H18N4OS/c1-3-9(7-12(14)15)19-13-16-10-5-4-8(18-2)6-11(10)17-13/h4-6,9H,3,7H2,1-2H3,(H3,14,15)(H,16,17). The summed E-state index contributed by atoms with van der Waals surface area (Å²) in [7, 11) is 1.65. The molecule has 0 aliphatic heterocycles. The average molecular weight is 278 g/mol. The Bertz CT molecular complexity index is 581. The summed E-state index contributed by atoms with van der Waals surface area (Å²) in [4.78, 5) is 7.79. The number of nitrogens with zero attached hydrogens (tertiary/aromatic N) is 1. The smallest absolute Gasteiger partial charge is 0.166 e. The lowest BCUT2D eigenvalue weighted by atomic mass is 10.2. The first-order valence-corrected chi connectivity index (χ1v) is 7.03. The minimum absolute atomic E-state index is 0.220. The fourth-order valence-electron chi connectivity index (χ4n) is 1.82. The molecule has 4 N–H and O–H groups in total. The molecule has 0 aliphatic carbocycles. The van der Waals surface area contributed by atoms with E-state index in [2.05, 4.69) is 16.9 Å². The molecule has 0 spiro atoms. The van der Waals surface area contributed by atoms with Crippen LogP contribution in [0.2, 0.25) is 0 Å². The second kappa shape index (κ2) is 5.97. The lowest BCUT2D eigenvalue weighted by molar-refractivity contribution is 0.415. The van der Waals surface area contributed by atoms with Crippen LogP contribution in [-0.2, 0) is 0 Å². The topological polar surface area (TPSA) is 87.8 Å². The van der Waals surface area contributed by atoms with Gasteiger partial charge in [-0.1, -0.05) is 18.7 Å². The van der Waals surface area contributed by atoms with Gasteiger partial charge in [-0.2, -0.15) is 0 Å². The van der Waals surface area contributed by atoms with Gasteiger partial charge in [-0.3, -0.25) is 5.41 Å². The van der Waals surface area contributed by atoms with Gasteiger partial charge in [0.25, 0.3) is 0 Å². The number of hydrogen-bond acceptors (Lipinski definition) is 4. The van der Waals surface area contributed by atoms with Crippen LogP contribution in [0.1, 0.15) is 19.8 Å². The molecule has 0 fully saturated rings. The molecule has 5 nitrogen and oxygen atoms in total. The van der Waals surface area contributed by atoms with Gasteiger partial charge in [0.15, 0.2) is 5.16 Å². The molecule has 0 bridgehead atoms. The molecule has 1 unspecified atom stereocenters. The first-order chi connectivity index (χ1) is 9.12. The second-order valence-corrected chi connectivity index (χ2v) is 5.59. The molecular formula is C13H18N4OS. The van der Waals surface area contributed by atoms with E-state index in [9.17, 15) is 0 Å². The number of benzene rings is 1. The number of nitrogens with two attached hydrogens (primary N) is 1. The Hall–Kier alpha value is -1.69. The zero-order valence-electron chi connectivity index (χ0n) is 11.1. The molecule has 6 heteroatoms. The lowest BCUT2D eigenvalue weighted by Crippen LogP contribution is -2.16.